The van der Waals surface area contributed by atoms with Crippen molar-refractivity contribution in [3.05, 3.63) is 35.9 Å². The third kappa shape index (κ3) is 6.07. The Balaban J connectivity index is 2.10. The number of amides is 1. The van der Waals surface area contributed by atoms with Crippen LogP contribution in [0.5, 0.6) is 0 Å². The maximum Gasteiger partial charge on any atom is 0.234 e. The molecular weight excluding hydrogens is 212 g/mol. The molecule has 0 aliphatic carbocycles. The van der Waals surface area contributed by atoms with Gasteiger partial charge in [-0.2, -0.15) is 0 Å². The fourth-order valence-corrected chi connectivity index (χ4v) is 1.51. The lowest BCUT2D eigenvalue weighted by molar-refractivity contribution is -0.120. The Morgan fingerprint density at radius 1 is 1.29 bits per heavy atom. The van der Waals surface area contributed by atoms with Gasteiger partial charge in [0.1, 0.15) is 0 Å². The second-order valence-corrected chi connectivity index (χ2v) is 4.29. The van der Waals surface area contributed by atoms with Gasteiger partial charge in [-0.25, -0.2) is 0 Å². The van der Waals surface area contributed by atoms with Gasteiger partial charge in [-0.3, -0.25) is 4.79 Å². The molecule has 0 fully saturated rings. The molecule has 0 aliphatic rings. The van der Waals surface area contributed by atoms with Gasteiger partial charge in [0.2, 0.25) is 5.91 Å². The van der Waals surface area contributed by atoms with E-state index in [1.54, 1.807) is 0 Å². The Kier molecular flexibility index (Phi) is 6.33. The molecule has 1 unspecified atom stereocenters. The number of hydrogen-bond donors (Lipinski definition) is 2. The van der Waals surface area contributed by atoms with E-state index in [-0.39, 0.29) is 11.9 Å². The fourth-order valence-electron chi connectivity index (χ4n) is 1.51. The van der Waals surface area contributed by atoms with Crippen molar-refractivity contribution in [1.82, 2.24) is 10.6 Å². The maximum absolute atomic E-state index is 11.5. The molecule has 17 heavy (non-hydrogen) atoms. The van der Waals surface area contributed by atoms with Crippen LogP contribution in [0.15, 0.2) is 30.3 Å². The van der Waals surface area contributed by atoms with Gasteiger partial charge >= 0.3 is 0 Å². The monoisotopic (exact) mass is 234 g/mol. The molecular formula is C14H22N2O. The molecule has 0 aromatic heterocycles. The lowest BCUT2D eigenvalue weighted by atomic mass is 10.1. The number of rotatable bonds is 7. The van der Waals surface area contributed by atoms with Crippen molar-refractivity contribution in [3.63, 3.8) is 0 Å². The van der Waals surface area contributed by atoms with Crippen molar-refractivity contribution in [3.8, 4) is 0 Å². The molecule has 0 heterocycles. The Bertz CT molecular complexity index is 324. The highest BCUT2D eigenvalue weighted by Crippen LogP contribution is 1.97. The van der Waals surface area contributed by atoms with Crippen LogP contribution in [0, 0.1) is 0 Å². The van der Waals surface area contributed by atoms with Gasteiger partial charge in [0.05, 0.1) is 6.54 Å². The van der Waals surface area contributed by atoms with E-state index in [0.29, 0.717) is 6.54 Å². The van der Waals surface area contributed by atoms with E-state index >= 15 is 0 Å². The molecule has 3 heteroatoms. The predicted molar refractivity (Wildman–Crippen MR) is 70.9 cm³/mol. The zero-order valence-electron chi connectivity index (χ0n) is 10.7. The first kappa shape index (κ1) is 13.7. The molecule has 1 aromatic rings. The van der Waals surface area contributed by atoms with Crippen molar-refractivity contribution >= 4 is 5.91 Å². The van der Waals surface area contributed by atoms with Crippen LogP contribution in [0.1, 0.15) is 25.8 Å². The summed E-state index contributed by atoms with van der Waals surface area (Å²) in [6.45, 7) is 5.31. The second-order valence-electron chi connectivity index (χ2n) is 4.29. The average Bonchev–Trinajstić information content (AvgIpc) is 2.36. The summed E-state index contributed by atoms with van der Waals surface area (Å²) in [6, 6.07) is 10.5. The van der Waals surface area contributed by atoms with Crippen molar-refractivity contribution < 1.29 is 4.79 Å². The highest BCUT2D eigenvalue weighted by atomic mass is 16.1. The Labute approximate surface area is 104 Å². The van der Waals surface area contributed by atoms with Gasteiger partial charge in [0.25, 0.3) is 0 Å². The SMILES string of the molecule is CCC(C)NC(=O)CNCCc1ccccc1. The minimum absolute atomic E-state index is 0.0763. The first-order chi connectivity index (χ1) is 8.22. The lowest BCUT2D eigenvalue weighted by Gasteiger charge is -2.11. The van der Waals surface area contributed by atoms with Gasteiger partial charge in [-0.05, 0) is 31.9 Å². The molecule has 0 saturated heterocycles. The number of nitrogens with one attached hydrogen (secondary N) is 2. The average molecular weight is 234 g/mol. The second kappa shape index (κ2) is 7.85. The molecule has 1 aromatic carbocycles. The molecule has 2 N–H and O–H groups in total. The van der Waals surface area contributed by atoms with Gasteiger partial charge in [0, 0.05) is 6.04 Å². The number of carbonyl (C=O) groups is 1. The van der Waals surface area contributed by atoms with Crippen molar-refractivity contribution in [2.45, 2.75) is 32.7 Å². The van der Waals surface area contributed by atoms with Crippen LogP contribution in [0.25, 0.3) is 0 Å². The highest BCUT2D eigenvalue weighted by molar-refractivity contribution is 5.78. The van der Waals surface area contributed by atoms with Crippen molar-refractivity contribution in [2.24, 2.45) is 0 Å². The summed E-state index contributed by atoms with van der Waals surface area (Å²) in [7, 11) is 0. The van der Waals surface area contributed by atoms with Crippen LogP contribution >= 0.6 is 0 Å². The molecule has 0 aliphatic heterocycles. The molecule has 0 bridgehead atoms. The summed E-state index contributed by atoms with van der Waals surface area (Å²) in [5.74, 6) is 0.0763. The number of carbonyl (C=O) groups excluding carboxylic acids is 1. The molecule has 1 rings (SSSR count). The molecule has 1 amide bonds. The first-order valence-corrected chi connectivity index (χ1v) is 6.26. The summed E-state index contributed by atoms with van der Waals surface area (Å²) < 4.78 is 0. The van der Waals surface area contributed by atoms with Gasteiger partial charge in [-0.15, -0.1) is 0 Å². The molecule has 1 atom stereocenters. The largest absolute Gasteiger partial charge is 0.353 e. The Hall–Kier alpha value is -1.35. The summed E-state index contributed by atoms with van der Waals surface area (Å²) >= 11 is 0. The molecule has 0 radical (unpaired) electrons. The molecule has 0 spiro atoms. The van der Waals surface area contributed by atoms with E-state index in [1.165, 1.54) is 5.56 Å². The van der Waals surface area contributed by atoms with Crippen molar-refractivity contribution in [2.75, 3.05) is 13.1 Å². The van der Waals surface area contributed by atoms with Crippen LogP contribution in [-0.2, 0) is 11.2 Å². The number of benzene rings is 1. The Morgan fingerprint density at radius 2 is 2.00 bits per heavy atom. The quantitative estimate of drug-likeness (QED) is 0.706. The number of hydrogen-bond acceptors (Lipinski definition) is 2. The lowest BCUT2D eigenvalue weighted by Crippen LogP contribution is -2.39. The van der Waals surface area contributed by atoms with E-state index in [2.05, 4.69) is 29.7 Å². The van der Waals surface area contributed by atoms with Crippen molar-refractivity contribution in [1.29, 1.82) is 0 Å². The minimum atomic E-state index is 0.0763. The van der Waals surface area contributed by atoms with Crippen LogP contribution < -0.4 is 10.6 Å². The topological polar surface area (TPSA) is 41.1 Å². The van der Waals surface area contributed by atoms with E-state index < -0.39 is 0 Å². The van der Waals surface area contributed by atoms with E-state index in [0.717, 1.165) is 19.4 Å². The standard InChI is InChI=1S/C14H22N2O/c1-3-12(2)16-14(17)11-15-10-9-13-7-5-4-6-8-13/h4-8,12,15H,3,9-11H2,1-2H3,(H,16,17). The van der Waals surface area contributed by atoms with Crippen LogP contribution in [0.3, 0.4) is 0 Å². The van der Waals surface area contributed by atoms with Crippen LogP contribution in [0.2, 0.25) is 0 Å². The zero-order valence-corrected chi connectivity index (χ0v) is 10.7. The third-order valence-corrected chi connectivity index (χ3v) is 2.74. The smallest absolute Gasteiger partial charge is 0.234 e. The maximum atomic E-state index is 11.5. The minimum Gasteiger partial charge on any atom is -0.353 e. The Morgan fingerprint density at radius 3 is 2.65 bits per heavy atom. The summed E-state index contributed by atoms with van der Waals surface area (Å²) in [6.07, 6.45) is 1.92. The predicted octanol–water partition coefficient (Wildman–Crippen LogP) is 1.73. The molecule has 94 valence electrons. The zero-order chi connectivity index (χ0) is 12.5. The van der Waals surface area contributed by atoms with Gasteiger partial charge in [0.15, 0.2) is 0 Å². The van der Waals surface area contributed by atoms with E-state index in [1.807, 2.05) is 25.1 Å². The third-order valence-electron chi connectivity index (χ3n) is 2.74. The summed E-state index contributed by atoms with van der Waals surface area (Å²) in [5, 5.41) is 6.08. The molecule has 0 saturated carbocycles. The van der Waals surface area contributed by atoms with Gasteiger partial charge in [-0.1, -0.05) is 37.3 Å². The van der Waals surface area contributed by atoms with E-state index in [9.17, 15) is 4.79 Å². The highest BCUT2D eigenvalue weighted by Gasteiger charge is 2.03. The van der Waals surface area contributed by atoms with E-state index in [4.69, 9.17) is 0 Å². The fraction of sp³-hybridized carbons (Fsp3) is 0.500. The first-order valence-electron chi connectivity index (χ1n) is 6.26. The van der Waals surface area contributed by atoms with Crippen LogP contribution in [-0.4, -0.2) is 25.0 Å². The van der Waals surface area contributed by atoms with Gasteiger partial charge < -0.3 is 10.6 Å². The normalized spacial score (nSPS) is 12.1. The summed E-state index contributed by atoms with van der Waals surface area (Å²) in [4.78, 5) is 11.5. The molecule has 3 nitrogen and oxygen atoms in total. The summed E-state index contributed by atoms with van der Waals surface area (Å²) in [5.41, 5.74) is 1.29. The van der Waals surface area contributed by atoms with Crippen LogP contribution in [0.4, 0.5) is 0 Å².